The molecule has 11 heteroatoms. The number of nitrogens with zero attached hydrogens (tertiary/aromatic N) is 3. The van der Waals surface area contributed by atoms with E-state index < -0.39 is 23.2 Å². The number of amides is 2. The Morgan fingerprint density at radius 1 is 1.05 bits per heavy atom. The highest BCUT2D eigenvalue weighted by Crippen LogP contribution is 2.41. The second-order valence-electron chi connectivity index (χ2n) is 10.1. The van der Waals surface area contributed by atoms with Crippen molar-refractivity contribution in [3.63, 3.8) is 0 Å². The molecule has 2 aliphatic rings. The molecule has 0 saturated carbocycles. The Hall–Kier alpha value is -2.82. The first-order valence-corrected chi connectivity index (χ1v) is 13.6. The van der Waals surface area contributed by atoms with Crippen molar-refractivity contribution in [3.8, 4) is 0 Å². The number of nitrogens with one attached hydrogen (secondary N) is 1. The number of anilines is 1. The average molecular weight is 567 g/mol. The molecule has 0 aliphatic carbocycles. The Labute approximate surface area is 231 Å². The molecule has 0 radical (unpaired) electrons. The number of aliphatic hydroxyl groups is 1. The van der Waals surface area contributed by atoms with Gasteiger partial charge in [-0.3, -0.25) is 14.5 Å². The van der Waals surface area contributed by atoms with Gasteiger partial charge in [-0.05, 0) is 44.9 Å². The molecule has 2 heterocycles. The minimum Gasteiger partial charge on any atom is -0.380 e. The molecule has 39 heavy (non-hydrogen) atoms. The maximum atomic E-state index is 13.9. The zero-order valence-electron chi connectivity index (χ0n) is 22.0. The second-order valence-corrected chi connectivity index (χ2v) is 10.5. The molecule has 0 spiro atoms. The van der Waals surface area contributed by atoms with Crippen LogP contribution in [0.5, 0.6) is 0 Å². The first-order chi connectivity index (χ1) is 18.5. The van der Waals surface area contributed by atoms with E-state index in [4.69, 9.17) is 11.6 Å². The van der Waals surface area contributed by atoms with Gasteiger partial charge in [0, 0.05) is 56.6 Å². The number of hydrogen-bond donors (Lipinski definition) is 2. The Morgan fingerprint density at radius 3 is 2.21 bits per heavy atom. The van der Waals surface area contributed by atoms with Crippen molar-refractivity contribution in [2.24, 2.45) is 0 Å². The Bertz CT molecular complexity index is 1160. The molecule has 2 N–H and O–H groups in total. The van der Waals surface area contributed by atoms with Crippen LogP contribution in [0.2, 0.25) is 5.02 Å². The van der Waals surface area contributed by atoms with Crippen LogP contribution < -0.4 is 5.32 Å². The number of carbonyl (C=O) groups excluding carboxylic acids is 2. The molecule has 2 aromatic rings. The van der Waals surface area contributed by atoms with Crippen LogP contribution in [-0.2, 0) is 10.4 Å². The second kappa shape index (κ2) is 11.7. The zero-order chi connectivity index (χ0) is 28.4. The largest absolute Gasteiger partial charge is 0.430 e. The first kappa shape index (κ1) is 29.2. The van der Waals surface area contributed by atoms with Crippen molar-refractivity contribution in [1.29, 1.82) is 0 Å². The highest BCUT2D eigenvalue weighted by molar-refractivity contribution is 6.34. The monoisotopic (exact) mass is 566 g/mol. The van der Waals surface area contributed by atoms with E-state index in [0.717, 1.165) is 35.8 Å². The van der Waals surface area contributed by atoms with Crippen LogP contribution in [0.15, 0.2) is 48.5 Å². The number of piperidine rings is 1. The number of halogens is 4. The fourth-order valence-corrected chi connectivity index (χ4v) is 5.61. The smallest absolute Gasteiger partial charge is 0.380 e. The predicted molar refractivity (Wildman–Crippen MR) is 144 cm³/mol. The number of alkyl halides is 3. The maximum Gasteiger partial charge on any atom is 0.430 e. The minimum absolute atomic E-state index is 0.103. The van der Waals surface area contributed by atoms with Crippen LogP contribution >= 0.6 is 11.6 Å². The van der Waals surface area contributed by atoms with Crippen LogP contribution in [0, 0.1) is 0 Å². The van der Waals surface area contributed by atoms with Crippen molar-refractivity contribution in [2.45, 2.75) is 50.6 Å². The Morgan fingerprint density at radius 2 is 1.67 bits per heavy atom. The summed E-state index contributed by atoms with van der Waals surface area (Å²) in [7, 11) is 0. The molecule has 2 fully saturated rings. The number of likely N-dealkylation sites (tertiary alicyclic amines) is 2. The maximum absolute atomic E-state index is 13.9. The molecule has 212 valence electrons. The van der Waals surface area contributed by atoms with Crippen LogP contribution in [0.4, 0.5) is 18.9 Å². The third-order valence-corrected chi connectivity index (χ3v) is 8.02. The highest BCUT2D eigenvalue weighted by Gasteiger charge is 2.62. The van der Waals surface area contributed by atoms with Gasteiger partial charge in [0.25, 0.3) is 17.4 Å². The fourth-order valence-electron chi connectivity index (χ4n) is 5.35. The molecule has 2 amide bonds. The third kappa shape index (κ3) is 5.88. The van der Waals surface area contributed by atoms with Gasteiger partial charge in [-0.1, -0.05) is 41.9 Å². The summed E-state index contributed by atoms with van der Waals surface area (Å²) < 4.78 is 41.7. The van der Waals surface area contributed by atoms with Crippen molar-refractivity contribution in [1.82, 2.24) is 14.7 Å². The summed E-state index contributed by atoms with van der Waals surface area (Å²) in [5, 5.41) is 14.4. The molecule has 2 saturated heterocycles. The molecule has 4 rings (SSSR count). The Kier molecular flexibility index (Phi) is 8.78. The van der Waals surface area contributed by atoms with Crippen LogP contribution in [0.3, 0.4) is 0 Å². The molecule has 1 atom stereocenters. The van der Waals surface area contributed by atoms with Crippen molar-refractivity contribution in [2.75, 3.05) is 44.6 Å². The van der Waals surface area contributed by atoms with E-state index in [2.05, 4.69) is 10.2 Å². The van der Waals surface area contributed by atoms with Crippen molar-refractivity contribution < 1.29 is 27.9 Å². The lowest BCUT2D eigenvalue weighted by Crippen LogP contribution is -2.62. The summed E-state index contributed by atoms with van der Waals surface area (Å²) in [5.74, 6) is -1.43. The summed E-state index contributed by atoms with van der Waals surface area (Å²) >= 11 is 6.40. The number of hydrogen-bond acceptors (Lipinski definition) is 5. The van der Waals surface area contributed by atoms with E-state index in [0.29, 0.717) is 36.5 Å². The van der Waals surface area contributed by atoms with Gasteiger partial charge in [-0.25, -0.2) is 0 Å². The molecular formula is C28H34ClF3N4O3. The average Bonchev–Trinajstić information content (AvgIpc) is 2.90. The van der Waals surface area contributed by atoms with E-state index in [1.54, 1.807) is 17.0 Å². The van der Waals surface area contributed by atoms with E-state index >= 15 is 0 Å². The molecule has 2 aliphatic heterocycles. The quantitative estimate of drug-likeness (QED) is 0.497. The number of rotatable bonds is 8. The third-order valence-electron chi connectivity index (χ3n) is 7.71. The van der Waals surface area contributed by atoms with Gasteiger partial charge in [-0.2, -0.15) is 13.2 Å². The van der Waals surface area contributed by atoms with Gasteiger partial charge in [-0.15, -0.1) is 0 Å². The minimum atomic E-state index is -5.14. The molecule has 0 bridgehead atoms. The van der Waals surface area contributed by atoms with Crippen molar-refractivity contribution in [3.05, 3.63) is 64.7 Å². The van der Waals surface area contributed by atoms with Gasteiger partial charge in [0.2, 0.25) is 0 Å². The van der Waals surface area contributed by atoms with Crippen LogP contribution in [0.25, 0.3) is 0 Å². The molecule has 7 nitrogen and oxygen atoms in total. The molecule has 2 aromatic carbocycles. The number of carbonyl (C=O) groups is 2. The topological polar surface area (TPSA) is 76.1 Å². The van der Waals surface area contributed by atoms with E-state index in [-0.39, 0.29) is 31.1 Å². The van der Waals surface area contributed by atoms with Crippen molar-refractivity contribution >= 4 is 29.1 Å². The lowest BCUT2D eigenvalue weighted by atomic mass is 9.89. The van der Waals surface area contributed by atoms with Gasteiger partial charge >= 0.3 is 6.18 Å². The predicted octanol–water partition coefficient (Wildman–Crippen LogP) is 4.36. The van der Waals surface area contributed by atoms with Crippen LogP contribution in [-0.4, -0.2) is 89.1 Å². The fraction of sp³-hybridized carbons (Fsp3) is 0.500. The van der Waals surface area contributed by atoms with E-state index in [1.165, 1.54) is 18.2 Å². The molecular weight excluding hydrogens is 533 g/mol. The van der Waals surface area contributed by atoms with E-state index in [9.17, 15) is 27.9 Å². The van der Waals surface area contributed by atoms with Gasteiger partial charge in [0.1, 0.15) is 0 Å². The van der Waals surface area contributed by atoms with E-state index in [1.807, 2.05) is 19.9 Å². The first-order valence-electron chi connectivity index (χ1n) is 13.2. The SMILES string of the molecule is CCN(CC)C(=O)c1ccc(NC2CN(C3CCN(C(=O)[C@@](O)(c4ccccc4)C(F)(F)F)CC3)C2)cc1Cl. The van der Waals surface area contributed by atoms with Gasteiger partial charge < -0.3 is 20.2 Å². The summed E-state index contributed by atoms with van der Waals surface area (Å²) in [6, 6.07) is 12.1. The summed E-state index contributed by atoms with van der Waals surface area (Å²) in [5.41, 5.74) is -2.77. The standard InChI is InChI=1S/C28H34ClF3N4O3/c1-3-34(4-2)25(37)23-11-10-20(16-24(23)29)33-21-17-36(18-21)22-12-14-35(15-13-22)26(38)27(39,28(30,31)32)19-8-6-5-7-9-19/h5-11,16,21-22,33,39H,3-4,12-15,17-18H2,1-2H3/t27-/m0/s1. The highest BCUT2D eigenvalue weighted by atomic mass is 35.5. The lowest BCUT2D eigenvalue weighted by Gasteiger charge is -2.48. The number of benzene rings is 2. The summed E-state index contributed by atoms with van der Waals surface area (Å²) in [4.78, 5) is 30.6. The van der Waals surface area contributed by atoms with Gasteiger partial charge in [0.05, 0.1) is 16.6 Å². The molecule has 0 aromatic heterocycles. The van der Waals surface area contributed by atoms with Crippen LogP contribution in [0.1, 0.15) is 42.6 Å². The normalized spacial score (nSPS) is 18.8. The lowest BCUT2D eigenvalue weighted by molar-refractivity contribution is -0.262. The summed E-state index contributed by atoms with van der Waals surface area (Å²) in [6.07, 6.45) is -4.09. The summed E-state index contributed by atoms with van der Waals surface area (Å²) in [6.45, 7) is 6.81. The Balaban J connectivity index is 1.29. The molecule has 0 unspecified atom stereocenters. The zero-order valence-corrected chi connectivity index (χ0v) is 22.8. The van der Waals surface area contributed by atoms with Gasteiger partial charge in [0.15, 0.2) is 0 Å².